The van der Waals surface area contributed by atoms with Gasteiger partial charge in [-0.05, 0) is 73.7 Å². The monoisotopic (exact) mass is 518 g/mol. The first-order chi connectivity index (χ1) is 19.1. The largest absolute Gasteiger partial charge is 0.472 e. The number of hydrogen-bond acceptors (Lipinski definition) is 5. The van der Waals surface area contributed by atoms with Gasteiger partial charge in [-0.3, -0.25) is 0 Å². The number of nitrogens with one attached hydrogen (secondary N) is 1. The molecule has 4 aromatic carbocycles. The van der Waals surface area contributed by atoms with E-state index in [0.717, 1.165) is 52.7 Å². The molecule has 1 saturated heterocycles. The molecule has 39 heavy (non-hydrogen) atoms. The number of nitrogens with zero attached hydrogens (tertiary/aromatic N) is 1. The van der Waals surface area contributed by atoms with Crippen LogP contribution < -0.4 is 15.0 Å². The molecule has 1 atom stereocenters. The molecule has 0 aliphatic carbocycles. The number of benzene rings is 4. The number of piperidine rings is 1. The fourth-order valence-corrected chi connectivity index (χ4v) is 5.93. The maximum Gasteiger partial charge on any atom is 0.338 e. The van der Waals surface area contributed by atoms with Gasteiger partial charge in [-0.2, -0.15) is 0 Å². The highest BCUT2D eigenvalue weighted by Gasteiger charge is 2.39. The Balaban J connectivity index is 1.53. The summed E-state index contributed by atoms with van der Waals surface area (Å²) >= 11 is 0. The molecule has 0 saturated carbocycles. The molecule has 0 spiro atoms. The molecule has 5 nitrogen and oxygen atoms in total. The highest BCUT2D eigenvalue weighted by atomic mass is 16.5. The van der Waals surface area contributed by atoms with E-state index in [1.807, 2.05) is 43.5 Å². The number of carbonyl (C=O) groups is 1. The van der Waals surface area contributed by atoms with Crippen molar-refractivity contribution in [2.45, 2.75) is 31.4 Å². The minimum absolute atomic E-state index is 0.376. The third-order valence-electron chi connectivity index (χ3n) is 7.95. The predicted molar refractivity (Wildman–Crippen MR) is 157 cm³/mol. The number of methoxy groups -OCH3 is 1. The van der Waals surface area contributed by atoms with Gasteiger partial charge in [0.2, 0.25) is 0 Å². The zero-order valence-corrected chi connectivity index (χ0v) is 22.6. The molecule has 0 bridgehead atoms. The van der Waals surface area contributed by atoms with Crippen LogP contribution in [0.4, 0.5) is 5.69 Å². The Morgan fingerprint density at radius 2 is 1.69 bits per heavy atom. The van der Waals surface area contributed by atoms with Gasteiger partial charge in [0, 0.05) is 47.4 Å². The molecule has 2 heterocycles. The summed E-state index contributed by atoms with van der Waals surface area (Å²) in [7, 11) is 3.35. The van der Waals surface area contributed by atoms with Crippen molar-refractivity contribution in [1.82, 2.24) is 5.32 Å². The first-order valence-electron chi connectivity index (χ1n) is 13.7. The maximum absolute atomic E-state index is 12.9. The van der Waals surface area contributed by atoms with Gasteiger partial charge in [-0.1, -0.05) is 54.6 Å². The summed E-state index contributed by atoms with van der Waals surface area (Å²) < 4.78 is 12.3. The Bertz CT molecular complexity index is 1520. The van der Waals surface area contributed by atoms with Crippen molar-refractivity contribution >= 4 is 28.5 Å². The molecule has 0 radical (unpaired) electrons. The minimum atomic E-state index is -0.852. The lowest BCUT2D eigenvalue weighted by Crippen LogP contribution is -2.35. The summed E-state index contributed by atoms with van der Waals surface area (Å²) in [5.74, 6) is 0.316. The van der Waals surface area contributed by atoms with Gasteiger partial charge in [0.15, 0.2) is 5.60 Å². The summed E-state index contributed by atoms with van der Waals surface area (Å²) in [6, 6.07) is 27.3. The van der Waals surface area contributed by atoms with Crippen LogP contribution in [0.1, 0.15) is 51.9 Å². The third kappa shape index (κ3) is 4.57. The summed E-state index contributed by atoms with van der Waals surface area (Å²) in [5, 5.41) is 5.14. The molecule has 5 heteroatoms. The van der Waals surface area contributed by atoms with E-state index in [1.54, 1.807) is 0 Å². The van der Waals surface area contributed by atoms with Crippen LogP contribution in [0.15, 0.2) is 84.9 Å². The van der Waals surface area contributed by atoms with E-state index in [4.69, 9.17) is 9.47 Å². The van der Waals surface area contributed by atoms with Crippen LogP contribution in [0.3, 0.4) is 0 Å². The van der Waals surface area contributed by atoms with Crippen molar-refractivity contribution in [3.8, 4) is 5.75 Å². The number of fused-ring (bicyclic) bond motifs is 3. The van der Waals surface area contributed by atoms with Gasteiger partial charge < -0.3 is 19.7 Å². The number of anilines is 1. The second-order valence-electron chi connectivity index (χ2n) is 10.4. The lowest BCUT2D eigenvalue weighted by molar-refractivity contribution is 0.0599. The second kappa shape index (κ2) is 10.6. The molecule has 6 rings (SSSR count). The highest BCUT2D eigenvalue weighted by molar-refractivity contribution is 6.04. The first kappa shape index (κ1) is 25.2. The summed E-state index contributed by atoms with van der Waals surface area (Å²) in [6.07, 6.45) is 7.89. The van der Waals surface area contributed by atoms with E-state index < -0.39 is 5.60 Å². The van der Waals surface area contributed by atoms with Crippen molar-refractivity contribution in [3.63, 3.8) is 0 Å². The molecule has 198 valence electrons. The molecule has 1 fully saturated rings. The van der Waals surface area contributed by atoms with Crippen molar-refractivity contribution in [2.75, 3.05) is 32.1 Å². The van der Waals surface area contributed by atoms with Crippen LogP contribution in [0, 0.1) is 0 Å². The zero-order valence-electron chi connectivity index (χ0n) is 22.6. The minimum Gasteiger partial charge on any atom is -0.472 e. The highest BCUT2D eigenvalue weighted by Crippen LogP contribution is 2.46. The van der Waals surface area contributed by atoms with Gasteiger partial charge in [-0.15, -0.1) is 0 Å². The smallest absolute Gasteiger partial charge is 0.338 e. The summed E-state index contributed by atoms with van der Waals surface area (Å²) in [4.78, 5) is 15.3. The topological polar surface area (TPSA) is 50.8 Å². The lowest BCUT2D eigenvalue weighted by atomic mass is 9.82. The lowest BCUT2D eigenvalue weighted by Gasteiger charge is -2.37. The van der Waals surface area contributed by atoms with Gasteiger partial charge in [0.25, 0.3) is 0 Å². The molecule has 2 aliphatic rings. The van der Waals surface area contributed by atoms with Crippen LogP contribution in [-0.2, 0) is 16.9 Å². The average Bonchev–Trinajstić information content (AvgIpc) is 3.01. The molecular weight excluding hydrogens is 484 g/mol. The number of hydrogen-bond donors (Lipinski definition) is 1. The summed E-state index contributed by atoms with van der Waals surface area (Å²) in [5.41, 5.74) is 4.85. The molecule has 2 aliphatic heterocycles. The van der Waals surface area contributed by atoms with Crippen LogP contribution in [0.25, 0.3) is 16.8 Å². The fourth-order valence-electron chi connectivity index (χ4n) is 5.93. The number of carbonyl (C=O) groups excluding carboxylic acids is 1. The number of esters is 1. The van der Waals surface area contributed by atoms with Gasteiger partial charge in [0.05, 0.1) is 12.7 Å². The fraction of sp³-hybridized carbons (Fsp3) is 0.265. The Morgan fingerprint density at radius 3 is 2.41 bits per heavy atom. The second-order valence-corrected chi connectivity index (χ2v) is 10.4. The van der Waals surface area contributed by atoms with Crippen LogP contribution in [-0.4, -0.2) is 33.2 Å². The molecule has 1 unspecified atom stereocenters. The first-order valence-corrected chi connectivity index (χ1v) is 13.7. The number of rotatable bonds is 6. The van der Waals surface area contributed by atoms with E-state index in [-0.39, 0.29) is 5.97 Å². The Kier molecular flexibility index (Phi) is 6.84. The summed E-state index contributed by atoms with van der Waals surface area (Å²) in [6.45, 7) is 2.94. The van der Waals surface area contributed by atoms with Crippen molar-refractivity contribution in [2.24, 2.45) is 0 Å². The van der Waals surface area contributed by atoms with E-state index >= 15 is 0 Å². The third-order valence-corrected chi connectivity index (χ3v) is 7.95. The van der Waals surface area contributed by atoms with E-state index in [0.29, 0.717) is 11.3 Å². The Labute approximate surface area is 230 Å². The molecular formula is C34H34N2O3. The molecule has 1 N–H and O–H groups in total. The van der Waals surface area contributed by atoms with Crippen LogP contribution in [0.5, 0.6) is 5.75 Å². The Hall–Kier alpha value is -4.09. The maximum atomic E-state index is 12.9. The quantitative estimate of drug-likeness (QED) is 0.288. The van der Waals surface area contributed by atoms with E-state index in [9.17, 15) is 4.79 Å². The zero-order chi connectivity index (χ0) is 26.8. The van der Waals surface area contributed by atoms with Gasteiger partial charge >= 0.3 is 5.97 Å². The standard InChI is InChI=1S/C34H34N2O3/c1-35-23-24-11-12-25-22-31(33(37)38-2)29-17-18-34(26-9-5-3-6-10-26,39-32(29)30(25)21-24)27-13-15-28(16-14-27)36-19-7-4-8-20-36/h3,5-6,9-18,21-22,35H,4,7-8,19-20,23H2,1-2H3. The number of ether oxygens (including phenoxy) is 2. The normalized spacial score (nSPS) is 18.5. The molecule has 0 aromatic heterocycles. The van der Waals surface area contributed by atoms with Gasteiger partial charge in [-0.25, -0.2) is 4.79 Å². The van der Waals surface area contributed by atoms with E-state index in [1.165, 1.54) is 32.1 Å². The van der Waals surface area contributed by atoms with Crippen molar-refractivity contribution in [3.05, 3.63) is 113 Å². The predicted octanol–water partition coefficient (Wildman–Crippen LogP) is 6.69. The van der Waals surface area contributed by atoms with Gasteiger partial charge in [0.1, 0.15) is 5.75 Å². The van der Waals surface area contributed by atoms with Crippen molar-refractivity contribution in [1.29, 1.82) is 0 Å². The van der Waals surface area contributed by atoms with Crippen LogP contribution in [0.2, 0.25) is 0 Å². The van der Waals surface area contributed by atoms with Crippen molar-refractivity contribution < 1.29 is 14.3 Å². The van der Waals surface area contributed by atoms with Crippen LogP contribution >= 0.6 is 0 Å². The van der Waals surface area contributed by atoms with E-state index in [2.05, 4.69) is 64.8 Å². The SMILES string of the molecule is CNCc1ccc2cc(C(=O)OC)c3c(c2c1)OC(c1ccccc1)(c1ccc(N2CCCCC2)cc1)C=C3. The Morgan fingerprint density at radius 1 is 0.949 bits per heavy atom. The molecule has 4 aromatic rings. The average molecular weight is 519 g/mol. The molecule has 0 amide bonds.